The van der Waals surface area contributed by atoms with Crippen molar-refractivity contribution in [3.63, 3.8) is 0 Å². The molecular weight excluding hydrogens is 216 g/mol. The summed E-state index contributed by atoms with van der Waals surface area (Å²) in [5.74, 6) is 0.885. The molecule has 4 heteroatoms. The lowest BCUT2D eigenvalue weighted by molar-refractivity contribution is -0.127. The number of amides is 1. The molecule has 0 saturated carbocycles. The van der Waals surface area contributed by atoms with E-state index in [1.807, 2.05) is 6.92 Å². The smallest absolute Gasteiger partial charge is 0.237 e. The van der Waals surface area contributed by atoms with Gasteiger partial charge in [0.2, 0.25) is 5.91 Å². The van der Waals surface area contributed by atoms with Gasteiger partial charge in [-0.3, -0.25) is 9.69 Å². The zero-order chi connectivity index (χ0) is 13.0. The van der Waals surface area contributed by atoms with Crippen molar-refractivity contribution in [2.45, 2.75) is 46.3 Å². The van der Waals surface area contributed by atoms with E-state index in [2.05, 4.69) is 31.0 Å². The Bertz CT molecular complexity index is 256. The third-order valence-electron chi connectivity index (χ3n) is 3.56. The first kappa shape index (κ1) is 14.5. The Balaban J connectivity index is 2.41. The summed E-state index contributed by atoms with van der Waals surface area (Å²) in [4.78, 5) is 14.0. The Kier molecular flexibility index (Phi) is 5.40. The number of nitrogens with one attached hydrogen (secondary N) is 1. The van der Waals surface area contributed by atoms with Gasteiger partial charge >= 0.3 is 0 Å². The van der Waals surface area contributed by atoms with E-state index in [0.29, 0.717) is 18.4 Å². The molecule has 0 spiro atoms. The van der Waals surface area contributed by atoms with E-state index in [4.69, 9.17) is 0 Å². The summed E-state index contributed by atoms with van der Waals surface area (Å²) < 4.78 is 0. The van der Waals surface area contributed by atoms with Crippen molar-refractivity contribution < 1.29 is 9.90 Å². The number of hydrogen-bond donors (Lipinski definition) is 2. The van der Waals surface area contributed by atoms with Gasteiger partial charge in [0.05, 0.1) is 12.1 Å². The highest BCUT2D eigenvalue weighted by Gasteiger charge is 2.29. The third kappa shape index (κ3) is 4.28. The first-order valence-corrected chi connectivity index (χ1v) is 6.61. The van der Waals surface area contributed by atoms with Gasteiger partial charge in [-0.2, -0.15) is 0 Å². The molecule has 3 unspecified atom stereocenters. The van der Waals surface area contributed by atoms with Crippen LogP contribution in [-0.4, -0.2) is 47.7 Å². The van der Waals surface area contributed by atoms with E-state index in [1.54, 1.807) is 0 Å². The molecule has 0 radical (unpaired) electrons. The van der Waals surface area contributed by atoms with Crippen molar-refractivity contribution >= 4 is 5.91 Å². The van der Waals surface area contributed by atoms with Crippen LogP contribution in [-0.2, 0) is 4.79 Å². The molecule has 2 N–H and O–H groups in total. The zero-order valence-electron chi connectivity index (χ0n) is 11.4. The van der Waals surface area contributed by atoms with Crippen molar-refractivity contribution in [2.24, 2.45) is 11.8 Å². The maximum atomic E-state index is 11.9. The Morgan fingerprint density at radius 2 is 2.12 bits per heavy atom. The highest BCUT2D eigenvalue weighted by Crippen LogP contribution is 2.18. The maximum Gasteiger partial charge on any atom is 0.237 e. The summed E-state index contributed by atoms with van der Waals surface area (Å²) in [5, 5.41) is 12.8. The van der Waals surface area contributed by atoms with Crippen molar-refractivity contribution in [1.82, 2.24) is 10.2 Å². The van der Waals surface area contributed by atoms with Gasteiger partial charge < -0.3 is 10.4 Å². The van der Waals surface area contributed by atoms with Crippen LogP contribution >= 0.6 is 0 Å². The van der Waals surface area contributed by atoms with Crippen LogP contribution in [0.5, 0.6) is 0 Å². The number of piperidine rings is 1. The summed E-state index contributed by atoms with van der Waals surface area (Å²) in [7, 11) is 0. The van der Waals surface area contributed by atoms with E-state index >= 15 is 0 Å². The molecule has 1 amide bonds. The number of aliphatic hydroxyl groups is 1. The molecule has 1 rings (SSSR count). The number of rotatable bonds is 4. The highest BCUT2D eigenvalue weighted by molar-refractivity contribution is 5.81. The Hall–Kier alpha value is -0.610. The lowest BCUT2D eigenvalue weighted by atomic mass is 9.95. The third-order valence-corrected chi connectivity index (χ3v) is 3.56. The first-order valence-electron chi connectivity index (χ1n) is 6.61. The molecule has 1 aliphatic heterocycles. The van der Waals surface area contributed by atoms with Gasteiger partial charge in [-0.05, 0) is 31.7 Å². The van der Waals surface area contributed by atoms with Gasteiger partial charge in [0, 0.05) is 13.1 Å². The molecule has 1 fully saturated rings. The fourth-order valence-corrected chi connectivity index (χ4v) is 2.04. The Labute approximate surface area is 104 Å². The van der Waals surface area contributed by atoms with E-state index < -0.39 is 0 Å². The Morgan fingerprint density at radius 3 is 2.65 bits per heavy atom. The van der Waals surface area contributed by atoms with Crippen LogP contribution in [0.2, 0.25) is 0 Å². The largest absolute Gasteiger partial charge is 0.392 e. The van der Waals surface area contributed by atoms with Gasteiger partial charge in [0.25, 0.3) is 0 Å². The molecule has 17 heavy (non-hydrogen) atoms. The maximum absolute atomic E-state index is 11.9. The standard InChI is InChI=1S/C13H26N2O2/c1-9(2)7-14-13(17)11(4)15-6-5-10(3)12(16)8-15/h9-12,16H,5-8H2,1-4H3,(H,14,17). The molecule has 1 aliphatic rings. The van der Waals surface area contributed by atoms with Crippen LogP contribution in [0.15, 0.2) is 0 Å². The number of β-amino-alcohol motifs (C(OH)–C–C–N with tert-alkyl or cyclic N) is 1. The van der Waals surface area contributed by atoms with E-state index in [-0.39, 0.29) is 18.1 Å². The van der Waals surface area contributed by atoms with Crippen molar-refractivity contribution in [2.75, 3.05) is 19.6 Å². The van der Waals surface area contributed by atoms with Gasteiger partial charge in [0.15, 0.2) is 0 Å². The molecule has 0 aromatic carbocycles. The van der Waals surface area contributed by atoms with Gasteiger partial charge in [0.1, 0.15) is 0 Å². The molecule has 1 saturated heterocycles. The second kappa shape index (κ2) is 6.36. The number of carbonyl (C=O) groups is 1. The minimum absolute atomic E-state index is 0.0699. The van der Waals surface area contributed by atoms with Crippen LogP contribution in [0, 0.1) is 11.8 Å². The number of nitrogens with zero attached hydrogens (tertiary/aromatic N) is 1. The molecule has 0 aromatic rings. The minimum atomic E-state index is -0.302. The summed E-state index contributed by atoms with van der Waals surface area (Å²) in [5.41, 5.74) is 0. The first-order chi connectivity index (χ1) is 7.91. The fraction of sp³-hybridized carbons (Fsp3) is 0.923. The van der Waals surface area contributed by atoms with Gasteiger partial charge in [-0.1, -0.05) is 20.8 Å². The van der Waals surface area contributed by atoms with Crippen LogP contribution < -0.4 is 5.32 Å². The van der Waals surface area contributed by atoms with Crippen LogP contribution in [0.25, 0.3) is 0 Å². The predicted octanol–water partition coefficient (Wildman–Crippen LogP) is 0.850. The molecule has 0 aliphatic carbocycles. The minimum Gasteiger partial charge on any atom is -0.392 e. The summed E-state index contributed by atoms with van der Waals surface area (Å²) in [6.07, 6.45) is 0.660. The monoisotopic (exact) mass is 242 g/mol. The van der Waals surface area contributed by atoms with Crippen molar-refractivity contribution in [1.29, 1.82) is 0 Å². The average molecular weight is 242 g/mol. The quantitative estimate of drug-likeness (QED) is 0.768. The Morgan fingerprint density at radius 1 is 1.47 bits per heavy atom. The number of carbonyl (C=O) groups excluding carboxylic acids is 1. The van der Waals surface area contributed by atoms with E-state index in [9.17, 15) is 9.90 Å². The van der Waals surface area contributed by atoms with E-state index in [0.717, 1.165) is 19.5 Å². The van der Waals surface area contributed by atoms with Crippen LogP contribution in [0.3, 0.4) is 0 Å². The molecule has 0 aromatic heterocycles. The lowest BCUT2D eigenvalue weighted by Gasteiger charge is -2.37. The number of aliphatic hydroxyl groups excluding tert-OH is 1. The van der Waals surface area contributed by atoms with Crippen molar-refractivity contribution in [3.05, 3.63) is 0 Å². The molecule has 1 heterocycles. The van der Waals surface area contributed by atoms with Crippen molar-refractivity contribution in [3.8, 4) is 0 Å². The molecule has 100 valence electrons. The molecular formula is C13H26N2O2. The predicted molar refractivity (Wildman–Crippen MR) is 68.7 cm³/mol. The van der Waals surface area contributed by atoms with Gasteiger partial charge in [-0.25, -0.2) is 0 Å². The fourth-order valence-electron chi connectivity index (χ4n) is 2.04. The van der Waals surface area contributed by atoms with Crippen LogP contribution in [0.1, 0.15) is 34.1 Å². The lowest BCUT2D eigenvalue weighted by Crippen LogP contribution is -2.52. The second-order valence-corrected chi connectivity index (χ2v) is 5.64. The molecule has 3 atom stereocenters. The second-order valence-electron chi connectivity index (χ2n) is 5.64. The normalized spacial score (nSPS) is 28.1. The van der Waals surface area contributed by atoms with Gasteiger partial charge in [-0.15, -0.1) is 0 Å². The molecule has 4 nitrogen and oxygen atoms in total. The summed E-state index contributed by atoms with van der Waals surface area (Å²) in [6.45, 7) is 10.4. The summed E-state index contributed by atoms with van der Waals surface area (Å²) >= 11 is 0. The highest BCUT2D eigenvalue weighted by atomic mass is 16.3. The SMILES string of the molecule is CC(C)CNC(=O)C(C)N1CCC(C)C(O)C1. The molecule has 0 bridgehead atoms. The van der Waals surface area contributed by atoms with E-state index in [1.165, 1.54) is 0 Å². The average Bonchev–Trinajstić information content (AvgIpc) is 2.28. The zero-order valence-corrected chi connectivity index (χ0v) is 11.4. The van der Waals surface area contributed by atoms with Crippen LogP contribution in [0.4, 0.5) is 0 Å². The number of hydrogen-bond acceptors (Lipinski definition) is 3. The topological polar surface area (TPSA) is 52.6 Å². The summed E-state index contributed by atoms with van der Waals surface area (Å²) in [6, 6.07) is -0.143. The number of likely N-dealkylation sites (tertiary alicyclic amines) is 1.